The Balaban J connectivity index is 2.17. The van der Waals surface area contributed by atoms with E-state index in [0.29, 0.717) is 17.0 Å². The molecule has 9 nitrogen and oxygen atoms in total. The van der Waals surface area contributed by atoms with Gasteiger partial charge < -0.3 is 35.2 Å². The highest BCUT2D eigenvalue weighted by molar-refractivity contribution is 5.57. The Hall–Kier alpha value is -1.46. The maximum atomic E-state index is 9.97. The van der Waals surface area contributed by atoms with Crippen molar-refractivity contribution in [2.75, 3.05) is 19.0 Å². The first-order valence-corrected chi connectivity index (χ1v) is 7.06. The largest absolute Gasteiger partial charge is 0.460 e. The van der Waals surface area contributed by atoms with Gasteiger partial charge in [-0.15, -0.1) is 0 Å². The van der Waals surface area contributed by atoms with E-state index in [2.05, 4.69) is 10.2 Å². The number of aliphatic hydroxyl groups is 4. The van der Waals surface area contributed by atoms with Gasteiger partial charge in [0.15, 0.2) is 0 Å². The number of nitrogens with one attached hydrogen (secondary N) is 1. The summed E-state index contributed by atoms with van der Waals surface area (Å²) >= 11 is 0. The zero-order valence-electron chi connectivity index (χ0n) is 12.5. The highest BCUT2D eigenvalue weighted by Crippen LogP contribution is 2.30. The second kappa shape index (κ2) is 7.88. The Labute approximate surface area is 132 Å². The summed E-state index contributed by atoms with van der Waals surface area (Å²) in [5.41, 5.74) is 1.22. The minimum atomic E-state index is -1.51. The maximum Gasteiger partial charge on any atom is 0.229 e. The van der Waals surface area contributed by atoms with Gasteiger partial charge >= 0.3 is 0 Å². The first-order chi connectivity index (χ1) is 11.0. The lowest BCUT2D eigenvalue weighted by molar-refractivity contribution is -0.277. The summed E-state index contributed by atoms with van der Waals surface area (Å²) < 4.78 is 10.8. The molecule has 0 aliphatic carbocycles. The third-order valence-corrected chi connectivity index (χ3v) is 3.64. The molecule has 0 spiro atoms. The summed E-state index contributed by atoms with van der Waals surface area (Å²) in [4.78, 5) is 4.07. The lowest BCUT2D eigenvalue weighted by Crippen LogP contribution is -2.60. The van der Waals surface area contributed by atoms with Crippen LogP contribution in [-0.4, -0.2) is 70.0 Å². The summed E-state index contributed by atoms with van der Waals surface area (Å²) in [7, 11) is 1.65. The van der Waals surface area contributed by atoms with Gasteiger partial charge in [-0.2, -0.15) is 0 Å². The van der Waals surface area contributed by atoms with E-state index in [4.69, 9.17) is 19.8 Å². The van der Waals surface area contributed by atoms with E-state index in [9.17, 15) is 15.3 Å². The van der Waals surface area contributed by atoms with Gasteiger partial charge in [0.05, 0.1) is 12.3 Å². The fourth-order valence-electron chi connectivity index (χ4n) is 2.33. The van der Waals surface area contributed by atoms with Gasteiger partial charge in [0.25, 0.3) is 0 Å². The molecule has 9 heteroatoms. The van der Waals surface area contributed by atoms with Crippen molar-refractivity contribution in [3.05, 3.63) is 23.8 Å². The zero-order chi connectivity index (χ0) is 17.0. The second-order valence-electron chi connectivity index (χ2n) is 5.17. The second-order valence-corrected chi connectivity index (χ2v) is 5.17. The Morgan fingerprint density at radius 2 is 1.91 bits per heavy atom. The fourth-order valence-corrected chi connectivity index (χ4v) is 2.33. The van der Waals surface area contributed by atoms with Crippen LogP contribution in [0.25, 0.3) is 0 Å². The highest BCUT2D eigenvalue weighted by atomic mass is 17.1. The van der Waals surface area contributed by atoms with E-state index in [0.717, 1.165) is 0 Å². The predicted octanol–water partition coefficient (Wildman–Crippen LogP) is -1.10. The summed E-state index contributed by atoms with van der Waals surface area (Å²) in [6.45, 7) is -0.536. The van der Waals surface area contributed by atoms with Gasteiger partial charge in [-0.1, -0.05) is 6.07 Å². The van der Waals surface area contributed by atoms with E-state index in [1.54, 1.807) is 25.2 Å². The Bertz CT molecular complexity index is 512. The highest BCUT2D eigenvalue weighted by Gasteiger charge is 2.44. The minimum absolute atomic E-state index is 0.00495. The average Bonchev–Trinajstić information content (AvgIpc) is 2.56. The molecule has 0 bridgehead atoms. The molecule has 5 atom stereocenters. The number of ether oxygens (including phenoxy) is 2. The third-order valence-electron chi connectivity index (χ3n) is 3.64. The zero-order valence-corrected chi connectivity index (χ0v) is 12.5. The van der Waals surface area contributed by atoms with Crippen molar-refractivity contribution in [2.45, 2.75) is 37.3 Å². The molecule has 130 valence electrons. The summed E-state index contributed by atoms with van der Waals surface area (Å²) in [5, 5.41) is 50.0. The molecule has 0 radical (unpaired) electrons. The minimum Gasteiger partial charge on any atom is -0.460 e. The van der Waals surface area contributed by atoms with Crippen LogP contribution < -0.4 is 10.1 Å². The normalized spacial score (nSPS) is 31.0. The van der Waals surface area contributed by atoms with Crippen LogP contribution in [0.5, 0.6) is 5.75 Å². The van der Waals surface area contributed by atoms with Crippen molar-refractivity contribution >= 4 is 5.69 Å². The smallest absolute Gasteiger partial charge is 0.229 e. The van der Waals surface area contributed by atoms with Crippen molar-refractivity contribution in [3.63, 3.8) is 0 Å². The summed E-state index contributed by atoms with van der Waals surface area (Å²) in [6, 6.07) is 4.87. The molecule has 2 rings (SSSR count). The Morgan fingerprint density at radius 1 is 1.17 bits per heavy atom. The molecule has 0 saturated carbocycles. The quantitative estimate of drug-likeness (QED) is 0.283. The fraction of sp³-hybridized carbons (Fsp3) is 0.571. The van der Waals surface area contributed by atoms with Gasteiger partial charge in [0.2, 0.25) is 6.29 Å². The van der Waals surface area contributed by atoms with Crippen LogP contribution >= 0.6 is 0 Å². The van der Waals surface area contributed by atoms with Gasteiger partial charge in [-0.25, -0.2) is 4.89 Å². The molecule has 1 saturated heterocycles. The maximum absolute atomic E-state index is 9.97. The summed E-state index contributed by atoms with van der Waals surface area (Å²) in [5.74, 6) is 0.318. The van der Waals surface area contributed by atoms with Crippen LogP contribution in [0.3, 0.4) is 0 Å². The molecule has 1 aromatic rings. The molecule has 23 heavy (non-hydrogen) atoms. The molecule has 0 amide bonds. The molecule has 5 unspecified atom stereocenters. The lowest BCUT2D eigenvalue weighted by atomic mass is 9.99. The number of hydrogen-bond acceptors (Lipinski definition) is 9. The number of rotatable bonds is 6. The molecular formula is C14H21NO8. The third kappa shape index (κ3) is 3.90. The van der Waals surface area contributed by atoms with Crippen LogP contribution in [0.2, 0.25) is 0 Å². The Kier molecular flexibility index (Phi) is 6.13. The van der Waals surface area contributed by atoms with Crippen molar-refractivity contribution in [1.29, 1.82) is 0 Å². The lowest BCUT2D eigenvalue weighted by Gasteiger charge is -2.39. The van der Waals surface area contributed by atoms with Gasteiger partial charge in [-0.05, 0) is 17.7 Å². The van der Waals surface area contributed by atoms with Crippen LogP contribution in [0.1, 0.15) is 5.56 Å². The SMILES string of the molecule is CNc1cc(COO)ccc1OC1OC(CO)C(O)C(O)C1O. The van der Waals surface area contributed by atoms with Crippen molar-refractivity contribution in [3.8, 4) is 5.75 Å². The van der Waals surface area contributed by atoms with E-state index >= 15 is 0 Å². The van der Waals surface area contributed by atoms with Crippen molar-refractivity contribution in [1.82, 2.24) is 0 Å². The molecule has 1 heterocycles. The van der Waals surface area contributed by atoms with Gasteiger partial charge in [0, 0.05) is 7.05 Å². The average molecular weight is 331 g/mol. The molecule has 1 aliphatic rings. The number of benzene rings is 1. The monoisotopic (exact) mass is 331 g/mol. The van der Waals surface area contributed by atoms with Crippen molar-refractivity contribution < 1.29 is 40.0 Å². The molecule has 0 aromatic heterocycles. The van der Waals surface area contributed by atoms with E-state index in [1.165, 1.54) is 0 Å². The van der Waals surface area contributed by atoms with Crippen LogP contribution in [0, 0.1) is 0 Å². The van der Waals surface area contributed by atoms with Crippen LogP contribution in [0.4, 0.5) is 5.69 Å². The topological polar surface area (TPSA) is 141 Å². The summed E-state index contributed by atoms with van der Waals surface area (Å²) in [6.07, 6.45) is -6.75. The number of anilines is 1. The van der Waals surface area contributed by atoms with Crippen molar-refractivity contribution in [2.24, 2.45) is 0 Å². The van der Waals surface area contributed by atoms with E-state index in [1.807, 2.05) is 0 Å². The molecule has 6 N–H and O–H groups in total. The first-order valence-electron chi connectivity index (χ1n) is 7.06. The number of aliphatic hydroxyl groups excluding tert-OH is 4. The Morgan fingerprint density at radius 3 is 2.52 bits per heavy atom. The van der Waals surface area contributed by atoms with Crippen LogP contribution in [-0.2, 0) is 16.2 Å². The molecular weight excluding hydrogens is 310 g/mol. The van der Waals surface area contributed by atoms with E-state index in [-0.39, 0.29) is 6.61 Å². The molecule has 1 fully saturated rings. The van der Waals surface area contributed by atoms with Crippen LogP contribution in [0.15, 0.2) is 18.2 Å². The van der Waals surface area contributed by atoms with Gasteiger partial charge in [0.1, 0.15) is 36.8 Å². The number of hydrogen-bond donors (Lipinski definition) is 6. The van der Waals surface area contributed by atoms with E-state index < -0.39 is 37.3 Å². The molecule has 1 aliphatic heterocycles. The standard InChI is InChI=1S/C14H21NO8/c1-15-8-4-7(6-21-20)2-3-9(8)22-14-13(19)12(18)11(17)10(5-16)23-14/h2-4,10-20H,5-6H2,1H3. The first kappa shape index (κ1) is 17.9. The van der Waals surface area contributed by atoms with Gasteiger partial charge in [-0.3, -0.25) is 5.26 Å². The molecule has 1 aromatic carbocycles. The predicted molar refractivity (Wildman–Crippen MR) is 77.8 cm³/mol.